The number of aryl methyl sites for hydroxylation is 4. The van der Waals surface area contributed by atoms with Gasteiger partial charge in [0, 0.05) is 25.8 Å². The summed E-state index contributed by atoms with van der Waals surface area (Å²) in [6.45, 7) is 8.44. The first kappa shape index (κ1) is 21.5. The van der Waals surface area contributed by atoms with Crippen LogP contribution in [0.1, 0.15) is 35.1 Å². The highest BCUT2D eigenvalue weighted by molar-refractivity contribution is 7.89. The molecule has 0 bridgehead atoms. The van der Waals surface area contributed by atoms with Gasteiger partial charge in [-0.25, -0.2) is 8.42 Å². The lowest BCUT2D eigenvalue weighted by atomic mass is 9.98. The molecular weight excluding hydrogens is 384 g/mol. The number of rotatable bonds is 4. The molecule has 0 unspecified atom stereocenters. The lowest BCUT2D eigenvalue weighted by Gasteiger charge is -2.33. The van der Waals surface area contributed by atoms with E-state index in [1.807, 2.05) is 58.0 Å². The van der Waals surface area contributed by atoms with Crippen molar-refractivity contribution in [1.82, 2.24) is 4.31 Å². The van der Waals surface area contributed by atoms with E-state index in [-0.39, 0.29) is 18.4 Å². The molecule has 1 aliphatic heterocycles. The van der Waals surface area contributed by atoms with E-state index in [1.165, 1.54) is 9.87 Å². The van der Waals surface area contributed by atoms with Gasteiger partial charge in [-0.1, -0.05) is 18.2 Å². The summed E-state index contributed by atoms with van der Waals surface area (Å²) in [6.07, 6.45) is 1.38. The SMILES string of the molecule is Cc1ccc(C)c(S(=O)(=O)N2CCC[C@H](C(=O)N(C)c3ccc(C)c(C)c3)C2)c1. The van der Waals surface area contributed by atoms with Crippen LogP contribution in [0, 0.1) is 33.6 Å². The van der Waals surface area contributed by atoms with E-state index >= 15 is 0 Å². The van der Waals surface area contributed by atoms with Gasteiger partial charge in [-0.3, -0.25) is 4.79 Å². The van der Waals surface area contributed by atoms with E-state index in [1.54, 1.807) is 18.0 Å². The van der Waals surface area contributed by atoms with E-state index in [2.05, 4.69) is 0 Å². The molecule has 156 valence electrons. The minimum atomic E-state index is -3.62. The Balaban J connectivity index is 1.81. The number of hydrogen-bond acceptors (Lipinski definition) is 3. The molecule has 0 radical (unpaired) electrons. The summed E-state index contributed by atoms with van der Waals surface area (Å²) < 4.78 is 28.0. The fourth-order valence-electron chi connectivity index (χ4n) is 3.82. The molecule has 1 saturated heterocycles. The van der Waals surface area contributed by atoms with E-state index in [9.17, 15) is 13.2 Å². The molecule has 3 rings (SSSR count). The maximum atomic E-state index is 13.3. The molecule has 0 spiro atoms. The second-order valence-electron chi connectivity index (χ2n) is 8.14. The van der Waals surface area contributed by atoms with Gasteiger partial charge >= 0.3 is 0 Å². The van der Waals surface area contributed by atoms with Gasteiger partial charge in [-0.2, -0.15) is 4.31 Å². The highest BCUT2D eigenvalue weighted by atomic mass is 32.2. The third-order valence-electron chi connectivity index (χ3n) is 5.90. The fourth-order valence-corrected chi connectivity index (χ4v) is 5.66. The molecule has 1 amide bonds. The van der Waals surface area contributed by atoms with Gasteiger partial charge in [0.25, 0.3) is 0 Å². The van der Waals surface area contributed by atoms with Crippen molar-refractivity contribution in [3.63, 3.8) is 0 Å². The van der Waals surface area contributed by atoms with Crippen molar-refractivity contribution in [2.24, 2.45) is 5.92 Å². The molecule has 1 fully saturated rings. The zero-order valence-electron chi connectivity index (χ0n) is 17.9. The van der Waals surface area contributed by atoms with Crippen LogP contribution in [0.2, 0.25) is 0 Å². The summed E-state index contributed by atoms with van der Waals surface area (Å²) in [5.41, 5.74) is 4.79. The Kier molecular flexibility index (Phi) is 6.15. The van der Waals surface area contributed by atoms with Crippen LogP contribution in [0.15, 0.2) is 41.3 Å². The Morgan fingerprint density at radius 2 is 1.69 bits per heavy atom. The molecule has 2 aromatic rings. The van der Waals surface area contributed by atoms with Crippen molar-refractivity contribution in [3.05, 3.63) is 58.7 Å². The predicted molar refractivity (Wildman–Crippen MR) is 117 cm³/mol. The number of sulfonamides is 1. The average Bonchev–Trinajstić information content (AvgIpc) is 2.70. The number of carbonyl (C=O) groups is 1. The van der Waals surface area contributed by atoms with Gasteiger partial charge in [0.2, 0.25) is 15.9 Å². The van der Waals surface area contributed by atoms with Crippen LogP contribution in [0.4, 0.5) is 5.69 Å². The first-order valence-corrected chi connectivity index (χ1v) is 11.5. The van der Waals surface area contributed by atoms with Crippen LogP contribution in [-0.2, 0) is 14.8 Å². The molecule has 0 N–H and O–H groups in total. The first-order valence-electron chi connectivity index (χ1n) is 10.0. The Morgan fingerprint density at radius 3 is 2.38 bits per heavy atom. The zero-order valence-corrected chi connectivity index (χ0v) is 18.7. The number of amides is 1. The highest BCUT2D eigenvalue weighted by Gasteiger charge is 2.35. The van der Waals surface area contributed by atoms with Crippen molar-refractivity contribution < 1.29 is 13.2 Å². The summed E-state index contributed by atoms with van der Waals surface area (Å²) in [4.78, 5) is 15.1. The van der Waals surface area contributed by atoms with Crippen LogP contribution < -0.4 is 4.90 Å². The monoisotopic (exact) mass is 414 g/mol. The standard InChI is InChI=1S/C23H30N2O3S/c1-16-8-9-18(3)22(13-16)29(27,28)25-12-6-7-20(15-25)23(26)24(5)21-11-10-17(2)19(4)14-21/h8-11,13-14,20H,6-7,12,15H2,1-5H3/t20-/m0/s1. The molecule has 1 heterocycles. The number of carbonyl (C=O) groups excluding carboxylic acids is 1. The maximum absolute atomic E-state index is 13.3. The Morgan fingerprint density at radius 1 is 1.00 bits per heavy atom. The molecule has 5 nitrogen and oxygen atoms in total. The Hall–Kier alpha value is -2.18. The topological polar surface area (TPSA) is 57.7 Å². The summed E-state index contributed by atoms with van der Waals surface area (Å²) in [6, 6.07) is 11.4. The molecule has 1 atom stereocenters. The van der Waals surface area contributed by atoms with E-state index in [0.717, 1.165) is 22.4 Å². The van der Waals surface area contributed by atoms with E-state index in [4.69, 9.17) is 0 Å². The Labute approximate surface area is 174 Å². The van der Waals surface area contributed by atoms with Crippen LogP contribution >= 0.6 is 0 Å². The third-order valence-corrected chi connectivity index (χ3v) is 7.91. The zero-order chi connectivity index (χ0) is 21.3. The fraction of sp³-hybridized carbons (Fsp3) is 0.435. The molecule has 0 aromatic heterocycles. The molecule has 0 aliphatic carbocycles. The molecule has 6 heteroatoms. The van der Waals surface area contributed by atoms with Gasteiger partial charge < -0.3 is 4.90 Å². The lowest BCUT2D eigenvalue weighted by molar-refractivity contribution is -0.123. The molecular formula is C23H30N2O3S. The van der Waals surface area contributed by atoms with Crippen LogP contribution in [0.3, 0.4) is 0 Å². The second-order valence-corrected chi connectivity index (χ2v) is 10.0. The minimum absolute atomic E-state index is 0.0332. The highest BCUT2D eigenvalue weighted by Crippen LogP contribution is 2.28. The van der Waals surface area contributed by atoms with Gasteiger partial charge in [-0.15, -0.1) is 0 Å². The summed E-state index contributed by atoms with van der Waals surface area (Å²) >= 11 is 0. The minimum Gasteiger partial charge on any atom is -0.315 e. The normalized spacial score (nSPS) is 17.9. The third kappa shape index (κ3) is 4.38. The second kappa shape index (κ2) is 8.28. The number of nitrogens with zero attached hydrogens (tertiary/aromatic N) is 2. The first-order chi connectivity index (χ1) is 13.6. The number of benzene rings is 2. The summed E-state index contributed by atoms with van der Waals surface area (Å²) in [7, 11) is -1.85. The van der Waals surface area contributed by atoms with E-state index < -0.39 is 10.0 Å². The van der Waals surface area contributed by atoms with Crippen molar-refractivity contribution in [2.75, 3.05) is 25.0 Å². The van der Waals surface area contributed by atoms with Gasteiger partial charge in [0.1, 0.15) is 0 Å². The number of piperidine rings is 1. The van der Waals surface area contributed by atoms with Crippen LogP contribution in [-0.4, -0.2) is 38.8 Å². The van der Waals surface area contributed by atoms with Gasteiger partial charge in [0.05, 0.1) is 10.8 Å². The summed E-state index contributed by atoms with van der Waals surface area (Å²) in [5.74, 6) is -0.371. The van der Waals surface area contributed by atoms with Gasteiger partial charge in [-0.05, 0) is 81.0 Å². The van der Waals surface area contributed by atoms with Crippen LogP contribution in [0.5, 0.6) is 0 Å². The van der Waals surface area contributed by atoms with Crippen LogP contribution in [0.25, 0.3) is 0 Å². The lowest BCUT2D eigenvalue weighted by Crippen LogP contribution is -2.46. The summed E-state index contributed by atoms with van der Waals surface area (Å²) in [5, 5.41) is 0. The Bertz CT molecular complexity index is 1030. The van der Waals surface area contributed by atoms with Crippen molar-refractivity contribution in [1.29, 1.82) is 0 Å². The average molecular weight is 415 g/mol. The predicted octanol–water partition coefficient (Wildman–Crippen LogP) is 3.98. The largest absolute Gasteiger partial charge is 0.315 e. The molecule has 29 heavy (non-hydrogen) atoms. The van der Waals surface area contributed by atoms with Gasteiger partial charge in [0.15, 0.2) is 0 Å². The van der Waals surface area contributed by atoms with E-state index in [0.29, 0.717) is 24.3 Å². The van der Waals surface area contributed by atoms with Crippen molar-refractivity contribution in [3.8, 4) is 0 Å². The molecule has 2 aromatic carbocycles. The smallest absolute Gasteiger partial charge is 0.243 e. The molecule has 1 aliphatic rings. The van der Waals surface area contributed by atoms with Crippen molar-refractivity contribution >= 4 is 21.6 Å². The number of anilines is 1. The van der Waals surface area contributed by atoms with Crippen molar-refractivity contribution in [2.45, 2.75) is 45.4 Å². The quantitative estimate of drug-likeness (QED) is 0.760. The maximum Gasteiger partial charge on any atom is 0.243 e. The molecule has 0 saturated carbocycles. The number of hydrogen-bond donors (Lipinski definition) is 0.